The molecule has 11 nitrogen and oxygen atoms in total. The molecule has 2 aliphatic rings. The van der Waals surface area contributed by atoms with E-state index in [0.29, 0.717) is 0 Å². The minimum atomic E-state index is -2.22. The molecular weight excluding hydrogens is 344 g/mol. The van der Waals surface area contributed by atoms with E-state index in [0.717, 1.165) is 0 Å². The molecule has 0 bridgehead atoms. The van der Waals surface area contributed by atoms with E-state index >= 15 is 0 Å². The lowest BCUT2D eigenvalue weighted by atomic mass is 9.99. The summed E-state index contributed by atoms with van der Waals surface area (Å²) >= 11 is 0. The van der Waals surface area contributed by atoms with Crippen LogP contribution in [0.5, 0.6) is 0 Å². The maximum atomic E-state index is 10.1. The average molecular weight is 366 g/mol. The third kappa shape index (κ3) is 3.74. The summed E-state index contributed by atoms with van der Waals surface area (Å²) in [4.78, 5) is 0. The normalized spacial score (nSPS) is 47.4. The summed E-state index contributed by atoms with van der Waals surface area (Å²) in [5.41, 5.74) is 0. The molecule has 2 aliphatic heterocycles. The second-order valence-electron chi connectivity index (χ2n) is 5.81. The van der Waals surface area contributed by atoms with Gasteiger partial charge < -0.3 is 54.7 Å². The second kappa shape index (κ2) is 8.11. The van der Waals surface area contributed by atoms with Crippen molar-refractivity contribution >= 4 is 0 Å². The first-order valence-electron chi connectivity index (χ1n) is 7.51. The molecule has 0 radical (unpaired) electrons. The van der Waals surface area contributed by atoms with E-state index < -0.39 is 68.0 Å². The maximum absolute atomic E-state index is 10.1. The topological polar surface area (TPSA) is 179 Å². The Morgan fingerprint density at radius 1 is 0.960 bits per heavy atom. The van der Waals surface area contributed by atoms with E-state index in [2.05, 4.69) is 4.74 Å². The van der Waals surface area contributed by atoms with E-state index in [4.69, 9.17) is 25.7 Å². The van der Waals surface area contributed by atoms with Gasteiger partial charge in [-0.15, -0.1) is 0 Å². The predicted molar refractivity (Wildman–Crippen MR) is 76.3 cm³/mol. The molecule has 25 heavy (non-hydrogen) atoms. The van der Waals surface area contributed by atoms with Crippen molar-refractivity contribution in [2.45, 2.75) is 54.8 Å². The van der Waals surface area contributed by atoms with Crippen molar-refractivity contribution in [2.24, 2.45) is 0 Å². The average Bonchev–Trinajstić information content (AvgIpc) is 2.86. The van der Waals surface area contributed by atoms with Crippen molar-refractivity contribution < 1.29 is 54.7 Å². The molecule has 0 aliphatic carbocycles. The molecule has 2 fully saturated rings. The van der Waals surface area contributed by atoms with Gasteiger partial charge in [-0.3, -0.25) is 0 Å². The molecule has 2 saturated heterocycles. The highest BCUT2D eigenvalue weighted by Gasteiger charge is 2.58. The SMILES string of the molecule is C#COC[C@H]1O[C@H](O[C@]2(CO)O[C@H](CO)[C@@H](O)[C@@H]2O)[C@H](O)[C@@H](O)[C@@H]1O. The molecule has 2 rings (SSSR count). The largest absolute Gasteiger partial charge is 0.444 e. The zero-order valence-corrected chi connectivity index (χ0v) is 13.1. The van der Waals surface area contributed by atoms with Crippen molar-refractivity contribution in [3.05, 3.63) is 0 Å². The van der Waals surface area contributed by atoms with Gasteiger partial charge in [-0.2, -0.15) is 0 Å². The molecule has 0 spiro atoms. The highest BCUT2D eigenvalue weighted by atomic mass is 16.8. The van der Waals surface area contributed by atoms with Crippen LogP contribution in [0.1, 0.15) is 0 Å². The van der Waals surface area contributed by atoms with Gasteiger partial charge in [0, 0.05) is 0 Å². The van der Waals surface area contributed by atoms with Gasteiger partial charge in [0.2, 0.25) is 5.79 Å². The Kier molecular flexibility index (Phi) is 6.57. The molecule has 11 heteroatoms. The quantitative estimate of drug-likeness (QED) is 0.224. The van der Waals surface area contributed by atoms with Crippen LogP contribution in [-0.4, -0.2) is 110 Å². The van der Waals surface area contributed by atoms with Crippen LogP contribution in [0.15, 0.2) is 0 Å². The smallest absolute Gasteiger partial charge is 0.224 e. The molecule has 144 valence electrons. The van der Waals surface area contributed by atoms with Crippen LogP contribution in [0.4, 0.5) is 0 Å². The number of hydrogen-bond acceptors (Lipinski definition) is 11. The molecule has 0 aromatic rings. The number of ether oxygens (including phenoxy) is 4. The van der Waals surface area contributed by atoms with Gasteiger partial charge in [-0.05, 0) is 0 Å². The van der Waals surface area contributed by atoms with Crippen LogP contribution in [0.25, 0.3) is 0 Å². The van der Waals surface area contributed by atoms with E-state index in [1.54, 1.807) is 0 Å². The zero-order chi connectivity index (χ0) is 18.8. The number of rotatable bonds is 6. The predicted octanol–water partition coefficient (Wildman–Crippen LogP) is -4.78. The van der Waals surface area contributed by atoms with Crippen LogP contribution in [0, 0.1) is 12.5 Å². The van der Waals surface area contributed by atoms with Crippen LogP contribution < -0.4 is 0 Å². The lowest BCUT2D eigenvalue weighted by Gasteiger charge is -2.43. The molecule has 7 N–H and O–H groups in total. The molecule has 9 atom stereocenters. The molecule has 0 amide bonds. The molecule has 0 saturated carbocycles. The molecular formula is C14H22O11. The highest BCUT2D eigenvalue weighted by molar-refractivity contribution is 4.98. The fourth-order valence-electron chi connectivity index (χ4n) is 2.75. The van der Waals surface area contributed by atoms with Gasteiger partial charge in [-0.25, -0.2) is 0 Å². The van der Waals surface area contributed by atoms with Crippen molar-refractivity contribution in [3.8, 4) is 12.5 Å². The highest BCUT2D eigenvalue weighted by Crippen LogP contribution is 2.35. The molecule has 0 aromatic carbocycles. The lowest BCUT2D eigenvalue weighted by molar-refractivity contribution is -0.383. The molecule has 2 heterocycles. The van der Waals surface area contributed by atoms with E-state index in [-0.39, 0.29) is 6.61 Å². The Morgan fingerprint density at radius 2 is 1.64 bits per heavy atom. The number of terminal acetylenes is 1. The summed E-state index contributed by atoms with van der Waals surface area (Å²) in [6, 6.07) is 0. The Bertz CT molecular complexity index is 482. The summed E-state index contributed by atoms with van der Waals surface area (Å²) in [7, 11) is 0. The maximum Gasteiger partial charge on any atom is 0.224 e. The Hall–Kier alpha value is -1.04. The van der Waals surface area contributed by atoms with E-state index in [1.807, 2.05) is 6.11 Å². The van der Waals surface area contributed by atoms with Crippen molar-refractivity contribution in [1.82, 2.24) is 0 Å². The third-order valence-electron chi connectivity index (χ3n) is 4.22. The van der Waals surface area contributed by atoms with Gasteiger partial charge in [-0.1, -0.05) is 6.42 Å². The number of aliphatic hydroxyl groups is 7. The zero-order valence-electron chi connectivity index (χ0n) is 13.1. The number of aliphatic hydroxyl groups excluding tert-OH is 7. The molecule has 0 aromatic heterocycles. The lowest BCUT2D eigenvalue weighted by Crippen LogP contribution is -2.62. The first-order valence-corrected chi connectivity index (χ1v) is 7.51. The van der Waals surface area contributed by atoms with Crippen LogP contribution in [0.2, 0.25) is 0 Å². The number of hydrogen-bond donors (Lipinski definition) is 7. The Morgan fingerprint density at radius 3 is 2.16 bits per heavy atom. The summed E-state index contributed by atoms with van der Waals surface area (Å²) in [5, 5.41) is 68.4. The van der Waals surface area contributed by atoms with E-state index in [1.165, 1.54) is 0 Å². The summed E-state index contributed by atoms with van der Waals surface area (Å²) in [6.45, 7) is -1.96. The van der Waals surface area contributed by atoms with E-state index in [9.17, 15) is 30.6 Å². The summed E-state index contributed by atoms with van der Waals surface area (Å²) < 4.78 is 20.4. The fraction of sp³-hybridized carbons (Fsp3) is 0.857. The Balaban J connectivity index is 2.17. The summed E-state index contributed by atoms with van der Waals surface area (Å²) in [6.07, 6.45) is -5.71. The third-order valence-corrected chi connectivity index (χ3v) is 4.22. The van der Waals surface area contributed by atoms with Gasteiger partial charge in [0.15, 0.2) is 6.29 Å². The summed E-state index contributed by atoms with van der Waals surface area (Å²) in [5.74, 6) is -2.22. The van der Waals surface area contributed by atoms with Crippen LogP contribution in [0.3, 0.4) is 0 Å². The fourth-order valence-corrected chi connectivity index (χ4v) is 2.75. The first kappa shape index (κ1) is 20.3. The van der Waals surface area contributed by atoms with Crippen molar-refractivity contribution in [1.29, 1.82) is 0 Å². The van der Waals surface area contributed by atoms with Crippen LogP contribution in [-0.2, 0) is 18.9 Å². The minimum Gasteiger partial charge on any atom is -0.444 e. The monoisotopic (exact) mass is 366 g/mol. The van der Waals surface area contributed by atoms with Gasteiger partial charge in [0.25, 0.3) is 0 Å². The first-order chi connectivity index (χ1) is 11.8. The minimum absolute atomic E-state index is 0.335. The standard InChI is InChI=1S/C14H22O11/c1-2-22-4-7-8(17)10(19)11(20)13(23-7)25-14(5-16)12(21)9(18)6(3-15)24-14/h1,6-13,15-21H,3-5H2/t6-,7-,8-,9-,10+,11-,12+,13-,14+/m1/s1. The van der Waals surface area contributed by atoms with Gasteiger partial charge >= 0.3 is 0 Å². The van der Waals surface area contributed by atoms with Crippen LogP contribution >= 0.6 is 0 Å². The van der Waals surface area contributed by atoms with Crippen molar-refractivity contribution in [3.63, 3.8) is 0 Å². The second-order valence-corrected chi connectivity index (χ2v) is 5.81. The molecule has 0 unspecified atom stereocenters. The Labute approximate surface area is 142 Å². The van der Waals surface area contributed by atoms with Gasteiger partial charge in [0.05, 0.1) is 6.61 Å². The van der Waals surface area contributed by atoms with Crippen molar-refractivity contribution in [2.75, 3.05) is 19.8 Å². The van der Waals surface area contributed by atoms with Gasteiger partial charge in [0.1, 0.15) is 62.0 Å².